The third kappa shape index (κ3) is 4.61. The highest BCUT2D eigenvalue weighted by Gasteiger charge is 2.34. The van der Waals surface area contributed by atoms with Crippen molar-refractivity contribution in [3.8, 4) is 0 Å². The van der Waals surface area contributed by atoms with E-state index in [9.17, 15) is 18.0 Å². The van der Waals surface area contributed by atoms with E-state index in [0.717, 1.165) is 9.64 Å². The minimum absolute atomic E-state index is 0.000419. The number of halogens is 7. The molecule has 9 heteroatoms. The molecule has 0 saturated carbocycles. The van der Waals surface area contributed by atoms with Crippen molar-refractivity contribution in [3.05, 3.63) is 59.0 Å². The Labute approximate surface area is 165 Å². The van der Waals surface area contributed by atoms with Gasteiger partial charge in [0, 0.05) is 12.5 Å². The van der Waals surface area contributed by atoms with Crippen LogP contribution in [-0.2, 0) is 6.18 Å². The second kappa shape index (κ2) is 7.28. The number of nitrogens with one attached hydrogen (secondary N) is 1. The lowest BCUT2D eigenvalue weighted by atomic mass is 10.1. The molecule has 23 heavy (non-hydrogen) atoms. The van der Waals surface area contributed by atoms with Gasteiger partial charge in [-0.25, -0.2) is 0 Å². The quantitative estimate of drug-likeness (QED) is 0.390. The maximum Gasteiger partial charge on any atom is 0.417 e. The van der Waals surface area contributed by atoms with Crippen LogP contribution in [0.25, 0.3) is 0 Å². The van der Waals surface area contributed by atoms with Gasteiger partial charge in [-0.1, -0.05) is 27.5 Å². The van der Waals surface area contributed by atoms with Crippen molar-refractivity contribution in [2.75, 3.05) is 5.32 Å². The normalized spacial score (nSPS) is 11.4. The molecule has 2 aromatic rings. The lowest BCUT2D eigenvalue weighted by Crippen LogP contribution is -2.15. The van der Waals surface area contributed by atoms with Gasteiger partial charge in [0.1, 0.15) is 0 Å². The molecule has 2 nitrogen and oxygen atoms in total. The zero-order chi connectivity index (χ0) is 17.4. The second-order valence-corrected chi connectivity index (χ2v) is 7.75. The lowest BCUT2D eigenvalue weighted by molar-refractivity contribution is -0.138. The number of benzene rings is 2. The predicted octanol–water partition coefficient (Wildman–Crippen LogP) is 6.74. The largest absolute Gasteiger partial charge is 0.417 e. The van der Waals surface area contributed by atoms with Crippen LogP contribution in [0.1, 0.15) is 15.9 Å². The van der Waals surface area contributed by atoms with Gasteiger partial charge in [0.25, 0.3) is 5.91 Å². The van der Waals surface area contributed by atoms with Crippen LogP contribution in [0.4, 0.5) is 18.9 Å². The number of carbonyl (C=O) groups excluding carboxylic acids is 1. The molecule has 0 spiro atoms. The van der Waals surface area contributed by atoms with Crippen molar-refractivity contribution in [1.82, 2.24) is 0 Å². The molecule has 0 aliphatic rings. The van der Waals surface area contributed by atoms with E-state index in [2.05, 4.69) is 37.2 Å². The summed E-state index contributed by atoms with van der Waals surface area (Å²) in [7, 11) is 0. The lowest BCUT2D eigenvalue weighted by Gasteiger charge is -2.14. The van der Waals surface area contributed by atoms with Crippen LogP contribution < -0.4 is 5.32 Å². The van der Waals surface area contributed by atoms with Gasteiger partial charge in [-0.2, -0.15) is 13.2 Å². The molecule has 0 aliphatic heterocycles. The molecule has 0 atom stereocenters. The Kier molecular flexibility index (Phi) is 6.02. The maximum atomic E-state index is 13.0. The van der Waals surface area contributed by atoms with Crippen LogP contribution in [0, 0.1) is 3.57 Å². The second-order valence-electron chi connectivity index (χ2n) is 4.39. The first-order chi connectivity index (χ1) is 10.6. The fourth-order valence-electron chi connectivity index (χ4n) is 1.72. The highest BCUT2D eigenvalue weighted by Crippen LogP contribution is 2.39. The van der Waals surface area contributed by atoms with E-state index in [1.54, 1.807) is 18.2 Å². The zero-order valence-corrected chi connectivity index (χ0v) is 17.0. The Hall–Kier alpha value is -0.320. The molecule has 0 bridgehead atoms. The SMILES string of the molecule is O=C(Nc1cc(C(F)(F)F)c(Br)cc1Br)c1cc(I)ccc1Cl. The molecule has 1 N–H and O–H groups in total. The van der Waals surface area contributed by atoms with Gasteiger partial charge in [0.15, 0.2) is 0 Å². The molecule has 0 aliphatic carbocycles. The first kappa shape index (κ1) is 19.0. The summed E-state index contributed by atoms with van der Waals surface area (Å²) >= 11 is 14.0. The van der Waals surface area contributed by atoms with Crippen molar-refractivity contribution in [2.45, 2.75) is 6.18 Å². The van der Waals surface area contributed by atoms with Gasteiger partial charge in [-0.05, 0) is 68.9 Å². The molecule has 2 aromatic carbocycles. The van der Waals surface area contributed by atoms with Gasteiger partial charge >= 0.3 is 6.18 Å². The molecule has 1 amide bonds. The Morgan fingerprint density at radius 3 is 2.39 bits per heavy atom. The Morgan fingerprint density at radius 1 is 1.13 bits per heavy atom. The first-order valence-electron chi connectivity index (χ1n) is 5.92. The molecule has 0 aromatic heterocycles. The van der Waals surface area contributed by atoms with Crippen molar-refractivity contribution in [3.63, 3.8) is 0 Å². The van der Waals surface area contributed by atoms with Crippen LogP contribution in [0.2, 0.25) is 5.02 Å². The first-order valence-corrected chi connectivity index (χ1v) is 8.96. The Morgan fingerprint density at radius 2 is 1.78 bits per heavy atom. The third-order valence-electron chi connectivity index (χ3n) is 2.78. The average Bonchev–Trinajstić information content (AvgIpc) is 2.43. The summed E-state index contributed by atoms with van der Waals surface area (Å²) < 4.78 is 39.8. The van der Waals surface area contributed by atoms with Crippen LogP contribution >= 0.6 is 66.1 Å². The van der Waals surface area contributed by atoms with Crippen molar-refractivity contribution in [1.29, 1.82) is 0 Å². The van der Waals surface area contributed by atoms with Crippen molar-refractivity contribution in [2.24, 2.45) is 0 Å². The fourth-order valence-corrected chi connectivity index (χ4v) is 3.74. The minimum atomic E-state index is -4.54. The minimum Gasteiger partial charge on any atom is -0.321 e. The zero-order valence-electron chi connectivity index (χ0n) is 10.9. The van der Waals surface area contributed by atoms with E-state index in [1.807, 2.05) is 22.6 Å². The van der Waals surface area contributed by atoms with Crippen molar-refractivity contribution < 1.29 is 18.0 Å². The molecule has 2 rings (SSSR count). The summed E-state index contributed by atoms with van der Waals surface area (Å²) in [5.41, 5.74) is -0.702. The Bertz CT molecular complexity index is 783. The summed E-state index contributed by atoms with van der Waals surface area (Å²) in [6.45, 7) is 0. The monoisotopic (exact) mass is 581 g/mol. The number of alkyl halides is 3. The average molecular weight is 583 g/mol. The van der Waals surface area contributed by atoms with E-state index < -0.39 is 17.6 Å². The van der Waals surface area contributed by atoms with Crippen LogP contribution in [-0.4, -0.2) is 5.91 Å². The van der Waals surface area contributed by atoms with E-state index in [-0.39, 0.29) is 20.7 Å². The third-order valence-corrected chi connectivity index (χ3v) is 5.10. The Balaban J connectivity index is 2.40. The van der Waals surface area contributed by atoms with Crippen LogP contribution in [0.15, 0.2) is 39.3 Å². The van der Waals surface area contributed by atoms with Gasteiger partial charge in [0.05, 0.1) is 21.8 Å². The van der Waals surface area contributed by atoms with Gasteiger partial charge in [-0.3, -0.25) is 4.79 Å². The highest BCUT2D eigenvalue weighted by atomic mass is 127. The van der Waals surface area contributed by atoms with Crippen molar-refractivity contribution >= 4 is 77.6 Å². The van der Waals surface area contributed by atoms with Gasteiger partial charge in [-0.15, -0.1) is 0 Å². The van der Waals surface area contributed by atoms with E-state index >= 15 is 0 Å². The fraction of sp³-hybridized carbons (Fsp3) is 0.0714. The molecule has 0 saturated heterocycles. The van der Waals surface area contributed by atoms with Gasteiger partial charge in [0.2, 0.25) is 0 Å². The molecule has 0 fully saturated rings. The number of amides is 1. The molecule has 0 unspecified atom stereocenters. The molecule has 0 heterocycles. The maximum absolute atomic E-state index is 13.0. The predicted molar refractivity (Wildman–Crippen MR) is 99.0 cm³/mol. The number of hydrogen-bond acceptors (Lipinski definition) is 1. The smallest absolute Gasteiger partial charge is 0.321 e. The molecule has 122 valence electrons. The molecule has 0 radical (unpaired) electrons. The van der Waals surface area contributed by atoms with E-state index in [4.69, 9.17) is 11.6 Å². The summed E-state index contributed by atoms with van der Waals surface area (Å²) in [6, 6.07) is 6.91. The standard InChI is InChI=1S/C14H6Br2ClF3INO/c15-9-5-10(16)12(4-8(9)14(18,19)20)22-13(23)7-3-6(21)1-2-11(7)17/h1-5H,(H,22,23). The molecular formula is C14H6Br2ClF3INO. The number of rotatable bonds is 2. The van der Waals surface area contributed by atoms with Gasteiger partial charge < -0.3 is 5.32 Å². The van der Waals surface area contributed by atoms with Crippen LogP contribution in [0.3, 0.4) is 0 Å². The number of carbonyl (C=O) groups is 1. The van der Waals surface area contributed by atoms with E-state index in [0.29, 0.717) is 4.47 Å². The molecular weight excluding hydrogens is 577 g/mol. The number of hydrogen-bond donors (Lipinski definition) is 1. The summed E-state index contributed by atoms with van der Waals surface area (Å²) in [5.74, 6) is -0.593. The van der Waals surface area contributed by atoms with E-state index in [1.165, 1.54) is 6.07 Å². The highest BCUT2D eigenvalue weighted by molar-refractivity contribution is 14.1. The number of anilines is 1. The topological polar surface area (TPSA) is 29.1 Å². The summed E-state index contributed by atoms with van der Waals surface area (Å²) in [5, 5.41) is 2.65. The summed E-state index contributed by atoms with van der Waals surface area (Å²) in [4.78, 5) is 12.3. The van der Waals surface area contributed by atoms with Crippen LogP contribution in [0.5, 0.6) is 0 Å². The summed E-state index contributed by atoms with van der Waals surface area (Å²) in [6.07, 6.45) is -4.54.